The molecule has 1 aliphatic heterocycles. The van der Waals surface area contributed by atoms with Crippen molar-refractivity contribution in [3.63, 3.8) is 0 Å². The second-order valence-corrected chi connectivity index (χ2v) is 8.27. The van der Waals surface area contributed by atoms with Gasteiger partial charge in [0.15, 0.2) is 5.16 Å². The Labute approximate surface area is 139 Å². The van der Waals surface area contributed by atoms with Crippen LogP contribution in [0, 0.1) is 11.7 Å². The minimum Gasteiger partial charge on any atom is -0.462 e. The molecular formula is C15H25BNO5P+. The van der Waals surface area contributed by atoms with E-state index in [1.165, 1.54) is 0 Å². The summed E-state index contributed by atoms with van der Waals surface area (Å²) >= 11 is 0. The molecule has 2 N–H and O–H groups in total. The second kappa shape index (κ2) is 9.39. The molecule has 0 aromatic rings. The Morgan fingerprint density at radius 3 is 2.78 bits per heavy atom. The third kappa shape index (κ3) is 6.60. The Bertz CT molecular complexity index is 474. The molecule has 0 aromatic carbocycles. The van der Waals surface area contributed by atoms with Crippen LogP contribution in [0.15, 0.2) is 0 Å². The molecule has 0 aliphatic carbocycles. The van der Waals surface area contributed by atoms with Crippen molar-refractivity contribution in [2.75, 3.05) is 6.54 Å². The fourth-order valence-corrected chi connectivity index (χ4v) is 3.36. The van der Waals surface area contributed by atoms with Crippen LogP contribution in [0.2, 0.25) is 0 Å². The van der Waals surface area contributed by atoms with E-state index in [-0.39, 0.29) is 30.9 Å². The van der Waals surface area contributed by atoms with Crippen molar-refractivity contribution < 1.29 is 23.4 Å². The topological polar surface area (TPSA) is 87.8 Å². The highest BCUT2D eigenvalue weighted by molar-refractivity contribution is 7.41. The maximum atomic E-state index is 12.3. The maximum Gasteiger partial charge on any atom is 0.514 e. The first-order valence-electron chi connectivity index (χ1n) is 7.70. The number of ether oxygens (including phenoxy) is 2. The molecule has 1 radical (unpaired) electrons. The third-order valence-corrected chi connectivity index (χ3v) is 5.22. The van der Waals surface area contributed by atoms with Crippen LogP contribution in [0.4, 0.5) is 0 Å². The molecule has 6 nitrogen and oxygen atoms in total. The van der Waals surface area contributed by atoms with Gasteiger partial charge in [0.25, 0.3) is 13.8 Å². The highest BCUT2D eigenvalue weighted by Crippen LogP contribution is 2.45. The van der Waals surface area contributed by atoms with Gasteiger partial charge in [0.2, 0.25) is 0 Å². The van der Waals surface area contributed by atoms with E-state index in [1.807, 2.05) is 27.7 Å². The molecule has 127 valence electrons. The molecule has 1 rings (SSSR count). The lowest BCUT2D eigenvalue weighted by Crippen LogP contribution is -2.32. The van der Waals surface area contributed by atoms with Crippen LogP contribution in [0.3, 0.4) is 0 Å². The van der Waals surface area contributed by atoms with Crippen LogP contribution in [-0.4, -0.2) is 49.8 Å². The lowest BCUT2D eigenvalue weighted by molar-refractivity contribution is -0.136. The smallest absolute Gasteiger partial charge is 0.462 e. The molecule has 0 amide bonds. The van der Waals surface area contributed by atoms with Gasteiger partial charge < -0.3 is 15.2 Å². The van der Waals surface area contributed by atoms with Gasteiger partial charge in [0, 0.05) is 18.8 Å². The summed E-state index contributed by atoms with van der Waals surface area (Å²) in [7, 11) is -0.150. The summed E-state index contributed by atoms with van der Waals surface area (Å²) in [6.45, 7) is 8.11. The maximum absolute atomic E-state index is 12.3. The van der Waals surface area contributed by atoms with Crippen molar-refractivity contribution in [2.24, 2.45) is 5.73 Å². The van der Waals surface area contributed by atoms with E-state index in [0.29, 0.717) is 19.3 Å². The van der Waals surface area contributed by atoms with Gasteiger partial charge in [-0.25, -0.2) is 0 Å². The SMILES string of the molecule is CC(C)O[P+](=O)C(C)(C)CC1OC([B]C#CCN)CC1OC=O. The highest BCUT2D eigenvalue weighted by Gasteiger charge is 2.49. The number of carbonyl (C=O) groups is 1. The first-order valence-corrected chi connectivity index (χ1v) is 8.88. The molecule has 8 heteroatoms. The van der Waals surface area contributed by atoms with Crippen molar-refractivity contribution in [1.82, 2.24) is 0 Å². The van der Waals surface area contributed by atoms with Crippen LogP contribution in [-0.2, 0) is 23.4 Å². The monoisotopic (exact) mass is 341 g/mol. The molecule has 0 aromatic heterocycles. The zero-order chi connectivity index (χ0) is 17.5. The van der Waals surface area contributed by atoms with Crippen molar-refractivity contribution >= 4 is 21.8 Å². The van der Waals surface area contributed by atoms with Gasteiger partial charge in [-0.2, -0.15) is 5.82 Å². The van der Waals surface area contributed by atoms with Crippen LogP contribution in [0.25, 0.3) is 0 Å². The molecule has 0 spiro atoms. The standard InChI is InChI=1S/C15H25BNO5P/c1-11(2)22-23(19)15(3,4)9-13-12(20-10-18)8-14(21-13)16-6-5-7-17/h10-14H,7-9,17H2,1-4H3/q+1. The van der Waals surface area contributed by atoms with E-state index < -0.39 is 13.2 Å². The molecule has 0 saturated carbocycles. The average molecular weight is 341 g/mol. The molecule has 4 atom stereocenters. The number of nitrogens with two attached hydrogens (primary N) is 1. The highest BCUT2D eigenvalue weighted by atomic mass is 31.1. The molecule has 1 saturated heterocycles. The zero-order valence-electron chi connectivity index (χ0n) is 14.2. The van der Waals surface area contributed by atoms with Crippen LogP contribution < -0.4 is 5.73 Å². The van der Waals surface area contributed by atoms with Crippen LogP contribution >= 0.6 is 8.03 Å². The number of rotatable bonds is 8. The number of hydrogen-bond donors (Lipinski definition) is 1. The number of hydrogen-bond acceptors (Lipinski definition) is 6. The van der Waals surface area contributed by atoms with Gasteiger partial charge in [0.1, 0.15) is 12.2 Å². The van der Waals surface area contributed by atoms with Crippen molar-refractivity contribution in [3.8, 4) is 11.7 Å². The van der Waals surface area contributed by atoms with Gasteiger partial charge >= 0.3 is 8.03 Å². The van der Waals surface area contributed by atoms with Crippen molar-refractivity contribution in [1.29, 1.82) is 0 Å². The summed E-state index contributed by atoms with van der Waals surface area (Å²) in [5.41, 5.74) is 5.32. The average Bonchev–Trinajstić information content (AvgIpc) is 2.80. The summed E-state index contributed by atoms with van der Waals surface area (Å²) in [5, 5.41) is -0.591. The molecular weight excluding hydrogens is 316 g/mol. The van der Waals surface area contributed by atoms with E-state index in [1.54, 1.807) is 7.28 Å². The van der Waals surface area contributed by atoms with E-state index in [9.17, 15) is 9.36 Å². The molecule has 0 bridgehead atoms. The predicted octanol–water partition coefficient (Wildman–Crippen LogP) is 1.60. The van der Waals surface area contributed by atoms with E-state index in [2.05, 4.69) is 11.7 Å². The summed E-state index contributed by atoms with van der Waals surface area (Å²) in [5.74, 6) is 5.56. The normalized spacial score (nSPS) is 24.8. The molecule has 4 unspecified atom stereocenters. The van der Waals surface area contributed by atoms with Gasteiger partial charge in [-0.3, -0.25) is 4.79 Å². The van der Waals surface area contributed by atoms with Gasteiger partial charge in [-0.1, -0.05) is 0 Å². The molecule has 1 heterocycles. The minimum atomic E-state index is -1.86. The molecule has 1 fully saturated rings. The Morgan fingerprint density at radius 2 is 2.22 bits per heavy atom. The Hall–Kier alpha value is -0.925. The Morgan fingerprint density at radius 1 is 1.52 bits per heavy atom. The van der Waals surface area contributed by atoms with Gasteiger partial charge in [0.05, 0.1) is 12.6 Å². The quantitative estimate of drug-likeness (QED) is 0.312. The summed E-state index contributed by atoms with van der Waals surface area (Å²) in [6.07, 6.45) is 0.154. The summed E-state index contributed by atoms with van der Waals surface area (Å²) in [4.78, 5) is 10.7. The Balaban J connectivity index is 2.70. The first kappa shape index (κ1) is 20.1. The third-order valence-electron chi connectivity index (χ3n) is 3.43. The van der Waals surface area contributed by atoms with Gasteiger partial charge in [-0.05, 0) is 32.3 Å². The van der Waals surface area contributed by atoms with Crippen molar-refractivity contribution in [3.05, 3.63) is 0 Å². The van der Waals surface area contributed by atoms with E-state index in [0.717, 1.165) is 0 Å². The Kier molecular flexibility index (Phi) is 8.21. The fourth-order valence-electron chi connectivity index (χ4n) is 2.36. The summed E-state index contributed by atoms with van der Waals surface area (Å²) in [6, 6.07) is -0.233. The zero-order valence-corrected chi connectivity index (χ0v) is 15.0. The molecule has 1 aliphatic rings. The lowest BCUT2D eigenvalue weighted by atomic mass is 9.71. The van der Waals surface area contributed by atoms with E-state index >= 15 is 0 Å². The van der Waals surface area contributed by atoms with E-state index in [4.69, 9.17) is 19.7 Å². The van der Waals surface area contributed by atoms with Crippen LogP contribution in [0.1, 0.15) is 40.5 Å². The minimum absolute atomic E-state index is 0.114. The van der Waals surface area contributed by atoms with Crippen molar-refractivity contribution in [2.45, 2.75) is 70.0 Å². The summed E-state index contributed by atoms with van der Waals surface area (Å²) < 4.78 is 28.8. The fraction of sp³-hybridized carbons (Fsp3) is 0.800. The van der Waals surface area contributed by atoms with Gasteiger partial charge in [-0.15, -0.1) is 10.4 Å². The first-order chi connectivity index (χ1) is 10.8. The number of carbonyl (C=O) groups excluding carboxylic acids is 1. The van der Waals surface area contributed by atoms with Crippen LogP contribution in [0.5, 0.6) is 0 Å². The second-order valence-electron chi connectivity index (χ2n) is 6.34. The largest absolute Gasteiger partial charge is 0.514 e. The molecule has 23 heavy (non-hydrogen) atoms. The lowest BCUT2D eigenvalue weighted by Gasteiger charge is -2.21. The predicted molar refractivity (Wildman–Crippen MR) is 89.3 cm³/mol.